The van der Waals surface area contributed by atoms with Crippen molar-refractivity contribution in [3.05, 3.63) is 65.8 Å². The fourth-order valence-electron chi connectivity index (χ4n) is 1.92. The molecule has 0 radical (unpaired) electrons. The summed E-state index contributed by atoms with van der Waals surface area (Å²) in [6.07, 6.45) is 3.48. The molecule has 22 heavy (non-hydrogen) atoms. The molecule has 1 N–H and O–H groups in total. The standard InChI is InChI=1S/C16H16N4OS/c1-12-7-14(20-21-12)8-18-15-9-17-10-16(19-15)22-11-13-5-3-2-4-6-13/h2-7,9-10H,8,11H2,1H3,(H,18,19). The molecule has 2 heterocycles. The minimum absolute atomic E-state index is 0.568. The van der Waals surface area contributed by atoms with Crippen molar-refractivity contribution < 1.29 is 4.52 Å². The number of aryl methyl sites for hydroxylation is 1. The molecule has 0 bridgehead atoms. The van der Waals surface area contributed by atoms with Crippen LogP contribution in [0.25, 0.3) is 0 Å². The predicted molar refractivity (Wildman–Crippen MR) is 86.6 cm³/mol. The number of hydrogen-bond acceptors (Lipinski definition) is 6. The maximum Gasteiger partial charge on any atom is 0.146 e. The van der Waals surface area contributed by atoms with Crippen molar-refractivity contribution >= 4 is 17.6 Å². The van der Waals surface area contributed by atoms with Crippen molar-refractivity contribution in [1.82, 2.24) is 15.1 Å². The Morgan fingerprint density at radius 3 is 2.82 bits per heavy atom. The number of hydrogen-bond donors (Lipinski definition) is 1. The first-order valence-corrected chi connectivity index (χ1v) is 7.93. The number of nitrogens with one attached hydrogen (secondary N) is 1. The smallest absolute Gasteiger partial charge is 0.146 e. The Hall–Kier alpha value is -2.34. The van der Waals surface area contributed by atoms with Crippen LogP contribution in [0.2, 0.25) is 0 Å². The average Bonchev–Trinajstić information content (AvgIpc) is 2.98. The molecule has 0 aliphatic heterocycles. The number of aromatic nitrogens is 3. The van der Waals surface area contributed by atoms with E-state index < -0.39 is 0 Å². The lowest BCUT2D eigenvalue weighted by molar-refractivity contribution is 0.391. The van der Waals surface area contributed by atoms with Crippen LogP contribution in [0.4, 0.5) is 5.82 Å². The molecule has 0 amide bonds. The minimum Gasteiger partial charge on any atom is -0.363 e. The van der Waals surface area contributed by atoms with Crippen molar-refractivity contribution in [1.29, 1.82) is 0 Å². The van der Waals surface area contributed by atoms with Crippen molar-refractivity contribution in [3.8, 4) is 0 Å². The van der Waals surface area contributed by atoms with Crippen LogP contribution in [0.5, 0.6) is 0 Å². The first-order chi connectivity index (χ1) is 10.8. The van der Waals surface area contributed by atoms with Crippen LogP contribution >= 0.6 is 11.8 Å². The van der Waals surface area contributed by atoms with E-state index in [-0.39, 0.29) is 0 Å². The number of nitrogens with zero attached hydrogens (tertiary/aromatic N) is 3. The molecule has 0 fully saturated rings. The Balaban J connectivity index is 1.57. The van der Waals surface area contributed by atoms with E-state index in [9.17, 15) is 0 Å². The van der Waals surface area contributed by atoms with Crippen molar-refractivity contribution in [2.75, 3.05) is 5.32 Å². The average molecular weight is 312 g/mol. The van der Waals surface area contributed by atoms with E-state index in [0.29, 0.717) is 6.54 Å². The Kier molecular flexibility index (Phi) is 4.70. The van der Waals surface area contributed by atoms with Gasteiger partial charge in [-0.25, -0.2) is 4.98 Å². The molecular formula is C16H16N4OS. The maximum atomic E-state index is 5.03. The fraction of sp³-hybridized carbons (Fsp3) is 0.188. The van der Waals surface area contributed by atoms with Gasteiger partial charge in [0.15, 0.2) is 0 Å². The highest BCUT2D eigenvalue weighted by Gasteiger charge is 2.03. The van der Waals surface area contributed by atoms with Gasteiger partial charge in [0, 0.05) is 11.8 Å². The van der Waals surface area contributed by atoms with Crippen LogP contribution in [-0.2, 0) is 12.3 Å². The lowest BCUT2D eigenvalue weighted by atomic mass is 10.2. The summed E-state index contributed by atoms with van der Waals surface area (Å²) < 4.78 is 5.03. The van der Waals surface area contributed by atoms with Gasteiger partial charge in [0.25, 0.3) is 0 Å². The summed E-state index contributed by atoms with van der Waals surface area (Å²) in [6.45, 7) is 2.44. The Labute approximate surface area is 133 Å². The zero-order valence-corrected chi connectivity index (χ0v) is 13.0. The molecule has 5 nitrogen and oxygen atoms in total. The van der Waals surface area contributed by atoms with Gasteiger partial charge in [-0.15, -0.1) is 11.8 Å². The third-order valence-corrected chi connectivity index (χ3v) is 3.94. The molecule has 0 unspecified atom stereocenters. The zero-order valence-electron chi connectivity index (χ0n) is 12.2. The van der Waals surface area contributed by atoms with Crippen LogP contribution in [0.1, 0.15) is 17.0 Å². The second-order valence-electron chi connectivity index (χ2n) is 4.80. The van der Waals surface area contributed by atoms with Gasteiger partial charge >= 0.3 is 0 Å². The number of rotatable bonds is 6. The van der Waals surface area contributed by atoms with Gasteiger partial charge in [-0.3, -0.25) is 4.98 Å². The summed E-state index contributed by atoms with van der Waals surface area (Å²) in [5.41, 5.74) is 2.12. The lowest BCUT2D eigenvalue weighted by Crippen LogP contribution is -2.02. The molecule has 0 spiro atoms. The molecule has 1 aromatic carbocycles. The maximum absolute atomic E-state index is 5.03. The Morgan fingerprint density at radius 1 is 1.18 bits per heavy atom. The van der Waals surface area contributed by atoms with E-state index in [1.54, 1.807) is 24.2 Å². The van der Waals surface area contributed by atoms with E-state index in [1.165, 1.54) is 5.56 Å². The van der Waals surface area contributed by atoms with Crippen molar-refractivity contribution in [2.45, 2.75) is 24.2 Å². The normalized spacial score (nSPS) is 10.6. The van der Waals surface area contributed by atoms with Gasteiger partial charge in [0.2, 0.25) is 0 Å². The molecule has 0 aliphatic rings. The van der Waals surface area contributed by atoms with Crippen LogP contribution in [0.3, 0.4) is 0 Å². The second kappa shape index (κ2) is 7.09. The van der Waals surface area contributed by atoms with E-state index in [0.717, 1.165) is 28.1 Å². The summed E-state index contributed by atoms with van der Waals surface area (Å²) in [6, 6.07) is 12.2. The largest absolute Gasteiger partial charge is 0.363 e. The van der Waals surface area contributed by atoms with Crippen molar-refractivity contribution in [2.24, 2.45) is 0 Å². The quantitative estimate of drug-likeness (QED) is 0.701. The number of anilines is 1. The van der Waals surface area contributed by atoms with Crippen LogP contribution in [-0.4, -0.2) is 15.1 Å². The summed E-state index contributed by atoms with van der Waals surface area (Å²) >= 11 is 1.67. The first-order valence-electron chi connectivity index (χ1n) is 6.94. The van der Waals surface area contributed by atoms with Crippen LogP contribution < -0.4 is 5.32 Å². The molecule has 6 heteroatoms. The Bertz CT molecular complexity index is 730. The highest BCUT2D eigenvalue weighted by Crippen LogP contribution is 2.21. The molecule has 112 valence electrons. The molecule has 3 rings (SSSR count). The zero-order chi connectivity index (χ0) is 15.2. The summed E-state index contributed by atoms with van der Waals surface area (Å²) in [5, 5.41) is 8.04. The second-order valence-corrected chi connectivity index (χ2v) is 5.79. The van der Waals surface area contributed by atoms with Crippen LogP contribution in [0, 0.1) is 6.92 Å². The molecule has 0 saturated heterocycles. The Morgan fingerprint density at radius 2 is 2.05 bits per heavy atom. The highest BCUT2D eigenvalue weighted by molar-refractivity contribution is 7.98. The van der Waals surface area contributed by atoms with Crippen molar-refractivity contribution in [3.63, 3.8) is 0 Å². The van der Waals surface area contributed by atoms with E-state index >= 15 is 0 Å². The molecule has 0 atom stereocenters. The molecule has 2 aromatic heterocycles. The highest BCUT2D eigenvalue weighted by atomic mass is 32.2. The molecular weight excluding hydrogens is 296 g/mol. The predicted octanol–water partition coefficient (Wildman–Crippen LogP) is 3.68. The first kappa shape index (κ1) is 14.6. The SMILES string of the molecule is Cc1cc(CNc2cncc(SCc3ccccc3)n2)no1. The van der Waals surface area contributed by atoms with Gasteiger partial charge in [0.1, 0.15) is 22.3 Å². The van der Waals surface area contributed by atoms with E-state index in [1.807, 2.05) is 31.2 Å². The molecule has 0 aliphatic carbocycles. The van der Waals surface area contributed by atoms with Gasteiger partial charge < -0.3 is 9.84 Å². The third kappa shape index (κ3) is 4.08. The molecule has 3 aromatic rings. The monoisotopic (exact) mass is 312 g/mol. The summed E-state index contributed by atoms with van der Waals surface area (Å²) in [5.74, 6) is 2.41. The molecule has 0 saturated carbocycles. The van der Waals surface area contributed by atoms with Gasteiger partial charge in [-0.1, -0.05) is 35.5 Å². The summed E-state index contributed by atoms with van der Waals surface area (Å²) in [4.78, 5) is 8.77. The lowest BCUT2D eigenvalue weighted by Gasteiger charge is -2.05. The minimum atomic E-state index is 0.568. The topological polar surface area (TPSA) is 63.8 Å². The number of benzene rings is 1. The van der Waals surface area contributed by atoms with E-state index in [4.69, 9.17) is 4.52 Å². The summed E-state index contributed by atoms with van der Waals surface area (Å²) in [7, 11) is 0. The van der Waals surface area contributed by atoms with Gasteiger partial charge in [0.05, 0.1) is 18.9 Å². The van der Waals surface area contributed by atoms with Gasteiger partial charge in [-0.05, 0) is 12.5 Å². The fourth-order valence-corrected chi connectivity index (χ4v) is 2.72. The van der Waals surface area contributed by atoms with Crippen LogP contribution in [0.15, 0.2) is 58.3 Å². The third-order valence-electron chi connectivity index (χ3n) is 2.97. The van der Waals surface area contributed by atoms with E-state index in [2.05, 4.69) is 32.6 Å². The number of thioether (sulfide) groups is 1. The van der Waals surface area contributed by atoms with Gasteiger partial charge in [-0.2, -0.15) is 0 Å².